The topological polar surface area (TPSA) is 52.6 Å². The van der Waals surface area contributed by atoms with Crippen LogP contribution in [0.4, 0.5) is 0 Å². The Bertz CT molecular complexity index is 727. The highest BCUT2D eigenvalue weighted by molar-refractivity contribution is 8.26. The first kappa shape index (κ1) is 19.6. The van der Waals surface area contributed by atoms with E-state index >= 15 is 0 Å². The van der Waals surface area contributed by atoms with Crippen molar-refractivity contribution in [2.45, 2.75) is 13.8 Å². The van der Waals surface area contributed by atoms with Crippen LogP contribution < -0.4 is 9.47 Å². The van der Waals surface area contributed by atoms with E-state index in [1.807, 2.05) is 13.8 Å². The lowest BCUT2D eigenvalue weighted by Gasteiger charge is -2.09. The fourth-order valence-electron chi connectivity index (χ4n) is 2.01. The third-order valence-electron chi connectivity index (χ3n) is 3.19. The summed E-state index contributed by atoms with van der Waals surface area (Å²) in [6, 6.07) is 10.2. The predicted octanol–water partition coefficient (Wildman–Crippen LogP) is 4.85. The number of thioether (sulfide) groups is 1. The van der Waals surface area contributed by atoms with Gasteiger partial charge in [-0.3, -0.25) is 9.59 Å². The Morgan fingerprint density at radius 3 is 1.60 bits per heavy atom. The minimum Gasteiger partial charge on any atom is -0.485 e. The SMILES string of the molecule is Cc1cc(Cl)ccc1OCC(=O)SC(=O)COc1ccc(Cl)cc1C. The number of hydrogen-bond donors (Lipinski definition) is 0. The Labute approximate surface area is 160 Å². The summed E-state index contributed by atoms with van der Waals surface area (Å²) in [5.74, 6) is 1.11. The van der Waals surface area contributed by atoms with Gasteiger partial charge in [-0.25, -0.2) is 0 Å². The lowest BCUT2D eigenvalue weighted by Crippen LogP contribution is -2.15. The van der Waals surface area contributed by atoms with E-state index in [1.54, 1.807) is 36.4 Å². The molecular weight excluding hydrogens is 383 g/mol. The Morgan fingerprint density at radius 2 is 1.24 bits per heavy atom. The molecule has 25 heavy (non-hydrogen) atoms. The number of benzene rings is 2. The van der Waals surface area contributed by atoms with Crippen LogP contribution >= 0.6 is 35.0 Å². The van der Waals surface area contributed by atoms with Gasteiger partial charge in [0.1, 0.15) is 11.5 Å². The molecule has 0 saturated carbocycles. The van der Waals surface area contributed by atoms with Crippen molar-refractivity contribution in [2.24, 2.45) is 0 Å². The second kappa shape index (κ2) is 9.13. The summed E-state index contributed by atoms with van der Waals surface area (Å²) in [5, 5.41) is 0.400. The molecule has 7 heteroatoms. The molecule has 132 valence electrons. The maximum atomic E-state index is 11.8. The van der Waals surface area contributed by atoms with Gasteiger partial charge in [-0.1, -0.05) is 23.2 Å². The van der Waals surface area contributed by atoms with Crippen LogP contribution in [0.25, 0.3) is 0 Å². The van der Waals surface area contributed by atoms with Gasteiger partial charge < -0.3 is 9.47 Å². The fraction of sp³-hybridized carbons (Fsp3) is 0.222. The normalized spacial score (nSPS) is 10.4. The van der Waals surface area contributed by atoms with Crippen LogP contribution in [0.3, 0.4) is 0 Å². The molecule has 0 atom stereocenters. The highest BCUT2D eigenvalue weighted by atomic mass is 35.5. The molecule has 0 spiro atoms. The van der Waals surface area contributed by atoms with Gasteiger partial charge in [0.15, 0.2) is 13.2 Å². The smallest absolute Gasteiger partial charge is 0.233 e. The van der Waals surface area contributed by atoms with E-state index in [9.17, 15) is 9.59 Å². The summed E-state index contributed by atoms with van der Waals surface area (Å²) in [4.78, 5) is 23.7. The van der Waals surface area contributed by atoms with Gasteiger partial charge >= 0.3 is 0 Å². The summed E-state index contributed by atoms with van der Waals surface area (Å²) < 4.78 is 10.8. The van der Waals surface area contributed by atoms with Crippen LogP contribution in [0, 0.1) is 13.8 Å². The molecule has 0 unspecified atom stereocenters. The monoisotopic (exact) mass is 398 g/mol. The molecule has 0 aliphatic heterocycles. The van der Waals surface area contributed by atoms with Gasteiger partial charge in [0.05, 0.1) is 0 Å². The number of carbonyl (C=O) groups excluding carboxylic acids is 2. The van der Waals surface area contributed by atoms with Crippen molar-refractivity contribution >= 4 is 45.2 Å². The van der Waals surface area contributed by atoms with Crippen LogP contribution in [0.15, 0.2) is 36.4 Å². The summed E-state index contributed by atoms with van der Waals surface area (Å²) in [5.41, 5.74) is 1.64. The minimum atomic E-state index is -0.393. The van der Waals surface area contributed by atoms with E-state index in [0.29, 0.717) is 33.3 Å². The van der Waals surface area contributed by atoms with Gasteiger partial charge in [-0.05, 0) is 73.1 Å². The zero-order chi connectivity index (χ0) is 18.4. The lowest BCUT2D eigenvalue weighted by molar-refractivity contribution is -0.115. The van der Waals surface area contributed by atoms with Crippen molar-refractivity contribution in [3.8, 4) is 11.5 Å². The van der Waals surface area contributed by atoms with E-state index in [0.717, 1.165) is 11.1 Å². The molecule has 0 aromatic heterocycles. The van der Waals surface area contributed by atoms with Crippen LogP contribution in [0.5, 0.6) is 11.5 Å². The number of hydrogen-bond acceptors (Lipinski definition) is 5. The van der Waals surface area contributed by atoms with Gasteiger partial charge in [-0.15, -0.1) is 0 Å². The number of aryl methyl sites for hydroxylation is 2. The van der Waals surface area contributed by atoms with E-state index in [-0.39, 0.29) is 13.2 Å². The highest BCUT2D eigenvalue weighted by Gasteiger charge is 2.13. The van der Waals surface area contributed by atoms with Crippen LogP contribution in [0.1, 0.15) is 11.1 Å². The first-order valence-corrected chi connectivity index (χ1v) is 8.94. The fourth-order valence-corrected chi connectivity index (χ4v) is 2.95. The predicted molar refractivity (Wildman–Crippen MR) is 101 cm³/mol. The van der Waals surface area contributed by atoms with Crippen molar-refractivity contribution in [1.82, 2.24) is 0 Å². The molecule has 0 amide bonds. The van der Waals surface area contributed by atoms with Crippen molar-refractivity contribution in [2.75, 3.05) is 13.2 Å². The Kier molecular flexibility index (Phi) is 7.17. The summed E-state index contributed by atoms with van der Waals surface area (Å²) in [6.07, 6.45) is 0. The third kappa shape index (κ3) is 6.27. The van der Waals surface area contributed by atoms with Crippen molar-refractivity contribution in [1.29, 1.82) is 0 Å². The van der Waals surface area contributed by atoms with E-state index in [1.165, 1.54) is 0 Å². The van der Waals surface area contributed by atoms with Gasteiger partial charge in [-0.2, -0.15) is 0 Å². The first-order valence-electron chi connectivity index (χ1n) is 7.36. The standard InChI is InChI=1S/C18H16Cl2O4S/c1-11-7-13(19)3-5-15(11)23-9-17(21)25-18(22)10-24-16-6-4-14(20)8-12(16)2/h3-8H,9-10H2,1-2H3. The number of halogens is 2. The highest BCUT2D eigenvalue weighted by Crippen LogP contribution is 2.23. The molecule has 0 saturated heterocycles. The lowest BCUT2D eigenvalue weighted by atomic mass is 10.2. The van der Waals surface area contributed by atoms with Gasteiger partial charge in [0.2, 0.25) is 10.2 Å². The van der Waals surface area contributed by atoms with Gasteiger partial charge in [0, 0.05) is 10.0 Å². The quantitative estimate of drug-likeness (QED) is 0.695. The molecule has 0 heterocycles. The van der Waals surface area contributed by atoms with Crippen molar-refractivity contribution in [3.05, 3.63) is 57.6 Å². The zero-order valence-corrected chi connectivity index (χ0v) is 16.0. The molecule has 2 rings (SSSR count). The minimum absolute atomic E-state index is 0.209. The van der Waals surface area contributed by atoms with Crippen LogP contribution in [0.2, 0.25) is 10.0 Å². The molecular formula is C18H16Cl2O4S. The second-order valence-corrected chi connectivity index (χ2v) is 7.23. The molecule has 4 nitrogen and oxygen atoms in total. The third-order valence-corrected chi connectivity index (χ3v) is 4.35. The molecule has 0 fully saturated rings. The largest absolute Gasteiger partial charge is 0.485 e. The second-order valence-electron chi connectivity index (χ2n) is 5.24. The molecule has 2 aromatic carbocycles. The van der Waals surface area contributed by atoms with Gasteiger partial charge in [0.25, 0.3) is 0 Å². The summed E-state index contributed by atoms with van der Waals surface area (Å²) >= 11 is 12.3. The molecule has 0 aliphatic rings. The molecule has 0 bridgehead atoms. The zero-order valence-electron chi connectivity index (χ0n) is 13.7. The first-order chi connectivity index (χ1) is 11.8. The van der Waals surface area contributed by atoms with E-state index in [2.05, 4.69) is 0 Å². The number of ether oxygens (including phenoxy) is 2. The van der Waals surface area contributed by atoms with E-state index in [4.69, 9.17) is 32.7 Å². The molecule has 0 aliphatic carbocycles. The maximum Gasteiger partial charge on any atom is 0.233 e. The average Bonchev–Trinajstić information content (AvgIpc) is 2.53. The van der Waals surface area contributed by atoms with Crippen molar-refractivity contribution in [3.63, 3.8) is 0 Å². The van der Waals surface area contributed by atoms with E-state index < -0.39 is 10.2 Å². The number of carbonyl (C=O) groups is 2. The molecule has 2 aromatic rings. The summed E-state index contributed by atoms with van der Waals surface area (Å²) in [7, 11) is 0. The summed E-state index contributed by atoms with van der Waals surface area (Å²) in [6.45, 7) is 3.23. The molecule has 0 radical (unpaired) electrons. The Morgan fingerprint density at radius 1 is 0.840 bits per heavy atom. The molecule has 0 N–H and O–H groups in total. The number of rotatable bonds is 6. The van der Waals surface area contributed by atoms with Crippen LogP contribution in [-0.4, -0.2) is 23.4 Å². The Hall–Kier alpha value is -1.69. The van der Waals surface area contributed by atoms with Crippen molar-refractivity contribution < 1.29 is 19.1 Å². The Balaban J connectivity index is 1.79. The maximum absolute atomic E-state index is 11.8. The average molecular weight is 399 g/mol. The van der Waals surface area contributed by atoms with Crippen LogP contribution in [-0.2, 0) is 9.59 Å².